The molecule has 1 aliphatic carbocycles. The molecule has 1 aromatic heterocycles. The molecule has 0 radical (unpaired) electrons. The molecule has 0 saturated carbocycles. The Labute approximate surface area is 213 Å². The van der Waals surface area contributed by atoms with Crippen LogP contribution < -0.4 is 10.5 Å². The highest BCUT2D eigenvalue weighted by atomic mass is 32.2. The first-order valence-electron chi connectivity index (χ1n) is 11.9. The van der Waals surface area contributed by atoms with Gasteiger partial charge in [0, 0.05) is 11.8 Å². The summed E-state index contributed by atoms with van der Waals surface area (Å²) in [7, 11) is 0. The average Bonchev–Trinajstić information content (AvgIpc) is 3.53. The summed E-state index contributed by atoms with van der Waals surface area (Å²) < 4.78 is 8.17. The fourth-order valence-electron chi connectivity index (χ4n) is 4.64. The first-order chi connectivity index (χ1) is 17.5. The third-order valence-corrected chi connectivity index (χ3v) is 7.41. The van der Waals surface area contributed by atoms with E-state index in [-0.39, 0.29) is 17.2 Å². The van der Waals surface area contributed by atoms with Crippen LogP contribution in [0.5, 0.6) is 5.75 Å². The SMILES string of the molecule is Cc1ccc(OCc2nnc(Sc3ccc(CCN)cc3[N+](=O)[O-])n2-c2ccccc2)c2c1CCC2. The molecule has 0 saturated heterocycles. The molecular formula is C27H27N5O3S. The van der Waals surface area contributed by atoms with Crippen molar-refractivity contribution in [1.29, 1.82) is 0 Å². The summed E-state index contributed by atoms with van der Waals surface area (Å²) in [6.07, 6.45) is 3.82. The molecule has 3 aromatic carbocycles. The zero-order valence-electron chi connectivity index (χ0n) is 20.0. The Balaban J connectivity index is 1.48. The first-order valence-corrected chi connectivity index (χ1v) is 12.8. The number of fused-ring (bicyclic) bond motifs is 1. The molecule has 9 heteroatoms. The Kier molecular flexibility index (Phi) is 7.02. The van der Waals surface area contributed by atoms with Gasteiger partial charge in [0.25, 0.3) is 5.69 Å². The number of nitro benzene ring substituents is 1. The van der Waals surface area contributed by atoms with Gasteiger partial charge in [-0.15, -0.1) is 10.2 Å². The lowest BCUT2D eigenvalue weighted by atomic mass is 10.0. The molecule has 184 valence electrons. The van der Waals surface area contributed by atoms with Crippen LogP contribution in [0, 0.1) is 17.0 Å². The summed E-state index contributed by atoms with van der Waals surface area (Å²) >= 11 is 1.22. The molecule has 1 heterocycles. The van der Waals surface area contributed by atoms with Crippen molar-refractivity contribution in [2.75, 3.05) is 6.54 Å². The molecular weight excluding hydrogens is 474 g/mol. The summed E-state index contributed by atoms with van der Waals surface area (Å²) in [6, 6.07) is 19.1. The second-order valence-electron chi connectivity index (χ2n) is 8.75. The number of aryl methyl sites for hydroxylation is 1. The number of nitro groups is 1. The van der Waals surface area contributed by atoms with Crippen molar-refractivity contribution >= 4 is 17.4 Å². The van der Waals surface area contributed by atoms with E-state index >= 15 is 0 Å². The Bertz CT molecular complexity index is 1400. The van der Waals surface area contributed by atoms with Gasteiger partial charge in [0.15, 0.2) is 5.82 Å². The molecule has 0 amide bonds. The van der Waals surface area contributed by atoms with E-state index in [4.69, 9.17) is 10.5 Å². The van der Waals surface area contributed by atoms with E-state index in [1.165, 1.54) is 28.5 Å². The van der Waals surface area contributed by atoms with Crippen molar-refractivity contribution in [3.63, 3.8) is 0 Å². The normalized spacial score (nSPS) is 12.5. The van der Waals surface area contributed by atoms with Crippen LogP contribution in [0.25, 0.3) is 5.69 Å². The monoisotopic (exact) mass is 501 g/mol. The van der Waals surface area contributed by atoms with Crippen LogP contribution in [-0.4, -0.2) is 26.2 Å². The molecule has 4 aromatic rings. The third-order valence-electron chi connectivity index (χ3n) is 6.40. The summed E-state index contributed by atoms with van der Waals surface area (Å²) in [4.78, 5) is 11.9. The lowest BCUT2D eigenvalue weighted by molar-refractivity contribution is -0.387. The molecule has 2 N–H and O–H groups in total. The van der Waals surface area contributed by atoms with E-state index in [1.807, 2.05) is 47.0 Å². The van der Waals surface area contributed by atoms with Crippen molar-refractivity contribution in [1.82, 2.24) is 14.8 Å². The van der Waals surface area contributed by atoms with Gasteiger partial charge in [0.2, 0.25) is 5.16 Å². The van der Waals surface area contributed by atoms with Crippen LogP contribution in [0.15, 0.2) is 70.7 Å². The van der Waals surface area contributed by atoms with Crippen LogP contribution in [0.2, 0.25) is 0 Å². The molecule has 1 aliphatic rings. The maximum Gasteiger partial charge on any atom is 0.283 e. The smallest absolute Gasteiger partial charge is 0.283 e. The van der Waals surface area contributed by atoms with E-state index in [0.29, 0.717) is 28.8 Å². The summed E-state index contributed by atoms with van der Waals surface area (Å²) in [5, 5.41) is 21.2. The largest absolute Gasteiger partial charge is 0.485 e. The van der Waals surface area contributed by atoms with Crippen LogP contribution in [0.1, 0.15) is 34.5 Å². The quantitative estimate of drug-likeness (QED) is 0.248. The molecule has 0 spiro atoms. The van der Waals surface area contributed by atoms with Gasteiger partial charge in [-0.2, -0.15) is 0 Å². The highest BCUT2D eigenvalue weighted by Gasteiger charge is 2.23. The fourth-order valence-corrected chi connectivity index (χ4v) is 5.59. The predicted octanol–water partition coefficient (Wildman–Crippen LogP) is 5.20. The fraction of sp³-hybridized carbons (Fsp3) is 0.259. The minimum atomic E-state index is -0.367. The standard InChI is InChI=1S/C27H27N5O3S/c1-18-10-12-24(22-9-5-8-21(18)22)35-17-26-29-30-27(31(26)20-6-3-2-4-7-20)36-25-13-11-19(14-15-28)16-23(25)32(33)34/h2-4,6-7,10-13,16H,5,8-9,14-15,17,28H2,1H3. The van der Waals surface area contributed by atoms with Crippen molar-refractivity contribution in [3.05, 3.63) is 98.9 Å². The number of nitrogens with two attached hydrogens (primary N) is 1. The average molecular weight is 502 g/mol. The number of hydrogen-bond acceptors (Lipinski definition) is 7. The summed E-state index contributed by atoms with van der Waals surface area (Å²) in [5.41, 5.74) is 11.3. The number of ether oxygens (including phenoxy) is 1. The summed E-state index contributed by atoms with van der Waals surface area (Å²) in [6.45, 7) is 2.81. The van der Waals surface area contributed by atoms with E-state index < -0.39 is 0 Å². The van der Waals surface area contributed by atoms with E-state index in [9.17, 15) is 10.1 Å². The number of nitrogens with zero attached hydrogens (tertiary/aromatic N) is 4. The number of benzene rings is 3. The molecule has 0 aliphatic heterocycles. The van der Waals surface area contributed by atoms with Gasteiger partial charge >= 0.3 is 0 Å². The van der Waals surface area contributed by atoms with Gasteiger partial charge < -0.3 is 10.5 Å². The molecule has 8 nitrogen and oxygen atoms in total. The molecule has 0 atom stereocenters. The maximum atomic E-state index is 11.8. The predicted molar refractivity (Wildman–Crippen MR) is 139 cm³/mol. The van der Waals surface area contributed by atoms with Crippen LogP contribution in [0.3, 0.4) is 0 Å². The summed E-state index contributed by atoms with van der Waals surface area (Å²) in [5.74, 6) is 1.51. The number of hydrogen-bond donors (Lipinski definition) is 1. The van der Waals surface area contributed by atoms with Gasteiger partial charge in [-0.1, -0.05) is 30.3 Å². The lowest BCUT2D eigenvalue weighted by Crippen LogP contribution is -2.08. The molecule has 5 rings (SSSR count). The Morgan fingerprint density at radius 1 is 1.08 bits per heavy atom. The molecule has 36 heavy (non-hydrogen) atoms. The second kappa shape index (κ2) is 10.5. The minimum absolute atomic E-state index is 0.0292. The van der Waals surface area contributed by atoms with Gasteiger partial charge in [-0.05, 0) is 97.4 Å². The Morgan fingerprint density at radius 2 is 1.89 bits per heavy atom. The van der Waals surface area contributed by atoms with E-state index in [2.05, 4.69) is 23.2 Å². The molecule has 0 bridgehead atoms. The molecule has 0 fully saturated rings. The highest BCUT2D eigenvalue weighted by Crippen LogP contribution is 2.37. The van der Waals surface area contributed by atoms with Gasteiger partial charge in [-0.3, -0.25) is 14.7 Å². The lowest BCUT2D eigenvalue weighted by Gasteiger charge is -2.14. The Hall–Kier alpha value is -3.69. The van der Waals surface area contributed by atoms with E-state index in [0.717, 1.165) is 36.3 Å². The maximum absolute atomic E-state index is 11.8. The van der Waals surface area contributed by atoms with Crippen molar-refractivity contribution in [3.8, 4) is 11.4 Å². The van der Waals surface area contributed by atoms with Crippen LogP contribution >= 0.6 is 11.8 Å². The molecule has 0 unspecified atom stereocenters. The third kappa shape index (κ3) is 4.84. The van der Waals surface area contributed by atoms with Gasteiger partial charge in [0.05, 0.1) is 9.82 Å². The Morgan fingerprint density at radius 3 is 2.67 bits per heavy atom. The topological polar surface area (TPSA) is 109 Å². The zero-order chi connectivity index (χ0) is 25.1. The van der Waals surface area contributed by atoms with E-state index in [1.54, 1.807) is 12.1 Å². The van der Waals surface area contributed by atoms with Crippen LogP contribution in [0.4, 0.5) is 5.69 Å². The number of rotatable bonds is 9. The highest BCUT2D eigenvalue weighted by molar-refractivity contribution is 7.99. The second-order valence-corrected chi connectivity index (χ2v) is 9.76. The van der Waals surface area contributed by atoms with Crippen molar-refractivity contribution in [2.45, 2.75) is 49.3 Å². The first kappa shape index (κ1) is 24.0. The van der Waals surface area contributed by atoms with Crippen molar-refractivity contribution < 1.29 is 9.66 Å². The number of para-hydroxylation sites is 1. The minimum Gasteiger partial charge on any atom is -0.485 e. The van der Waals surface area contributed by atoms with Gasteiger partial charge in [-0.25, -0.2) is 0 Å². The van der Waals surface area contributed by atoms with Gasteiger partial charge in [0.1, 0.15) is 12.4 Å². The number of aromatic nitrogens is 3. The van der Waals surface area contributed by atoms with Crippen molar-refractivity contribution in [2.24, 2.45) is 5.73 Å². The van der Waals surface area contributed by atoms with Crippen LogP contribution in [-0.2, 0) is 25.9 Å². The zero-order valence-corrected chi connectivity index (χ0v) is 20.8.